The Morgan fingerprint density at radius 2 is 1.69 bits per heavy atom. The maximum atomic E-state index is 13.0. The van der Waals surface area contributed by atoms with Gasteiger partial charge in [0.15, 0.2) is 17.3 Å². The third-order valence-corrected chi connectivity index (χ3v) is 5.41. The molecule has 0 bridgehead atoms. The summed E-state index contributed by atoms with van der Waals surface area (Å²) >= 11 is 0. The topological polar surface area (TPSA) is 151 Å². The highest BCUT2D eigenvalue weighted by molar-refractivity contribution is 5.94. The summed E-state index contributed by atoms with van der Waals surface area (Å²) in [5, 5.41) is 40.1. The van der Waals surface area contributed by atoms with E-state index in [0.29, 0.717) is 17.1 Å². The van der Waals surface area contributed by atoms with Crippen molar-refractivity contribution in [3.05, 3.63) is 63.7 Å². The SMILES string of the molecule is Cc1ccc([C@@H]2CC(=O)Oc3cc(O)c4c(=O)c(O)c(-c5ccc(O)c(O)c5)oc4c32)o1. The minimum atomic E-state index is -0.916. The second-order valence-electron chi connectivity index (χ2n) is 7.50. The maximum Gasteiger partial charge on any atom is 0.312 e. The number of ether oxygens (including phenoxy) is 1. The van der Waals surface area contributed by atoms with E-state index in [0.717, 1.165) is 12.1 Å². The molecule has 9 heteroatoms. The fraction of sp³-hybridized carbons (Fsp3) is 0.130. The second kappa shape index (κ2) is 6.81. The number of benzene rings is 2. The maximum absolute atomic E-state index is 13.0. The summed E-state index contributed by atoms with van der Waals surface area (Å²) in [6.07, 6.45) is -0.0975. The van der Waals surface area contributed by atoms with E-state index in [-0.39, 0.29) is 34.5 Å². The van der Waals surface area contributed by atoms with Gasteiger partial charge >= 0.3 is 5.97 Å². The van der Waals surface area contributed by atoms with Gasteiger partial charge in [0.1, 0.15) is 34.0 Å². The Morgan fingerprint density at radius 3 is 2.38 bits per heavy atom. The standard InChI is InChI=1S/C23H16O9/c1-9-2-5-15(30-9)11-7-17(27)31-16-8-14(26)19-20(28)21(29)22(32-23(19)18(11)16)10-3-4-12(24)13(25)6-10/h2-6,8,11,24-26,29H,7H2,1H3/t11-/m0/s1. The molecule has 4 N–H and O–H groups in total. The van der Waals surface area contributed by atoms with E-state index in [1.165, 1.54) is 12.1 Å². The van der Waals surface area contributed by atoms with Gasteiger partial charge in [-0.15, -0.1) is 0 Å². The Morgan fingerprint density at radius 1 is 0.906 bits per heavy atom. The number of carbonyl (C=O) groups is 1. The number of phenols is 3. The Kier molecular flexibility index (Phi) is 4.16. The Balaban J connectivity index is 1.86. The van der Waals surface area contributed by atoms with Gasteiger partial charge < -0.3 is 34.0 Å². The zero-order chi connectivity index (χ0) is 22.7. The van der Waals surface area contributed by atoms with Crippen LogP contribution in [0.1, 0.15) is 29.4 Å². The average molecular weight is 436 g/mol. The van der Waals surface area contributed by atoms with Gasteiger partial charge in [-0.1, -0.05) is 0 Å². The highest BCUT2D eigenvalue weighted by Gasteiger charge is 2.36. The van der Waals surface area contributed by atoms with E-state index in [1.54, 1.807) is 19.1 Å². The normalized spacial score (nSPS) is 15.5. The molecule has 0 amide bonds. The van der Waals surface area contributed by atoms with Gasteiger partial charge in [0.05, 0.1) is 12.3 Å². The third kappa shape index (κ3) is 2.86. The van der Waals surface area contributed by atoms with E-state index >= 15 is 0 Å². The van der Waals surface area contributed by atoms with Gasteiger partial charge in [-0.2, -0.15) is 0 Å². The molecule has 9 nitrogen and oxygen atoms in total. The van der Waals surface area contributed by atoms with Crippen LogP contribution in [0.3, 0.4) is 0 Å². The van der Waals surface area contributed by atoms with E-state index < -0.39 is 40.3 Å². The van der Waals surface area contributed by atoms with Gasteiger partial charge in [0.2, 0.25) is 11.2 Å². The van der Waals surface area contributed by atoms with E-state index in [2.05, 4.69) is 0 Å². The predicted molar refractivity (Wildman–Crippen MR) is 110 cm³/mol. The number of carbonyl (C=O) groups excluding carboxylic acids is 1. The number of esters is 1. The van der Waals surface area contributed by atoms with Crippen molar-refractivity contribution in [2.75, 3.05) is 0 Å². The van der Waals surface area contributed by atoms with Crippen molar-refractivity contribution in [3.8, 4) is 40.1 Å². The first kappa shape index (κ1) is 19.6. The number of hydrogen-bond donors (Lipinski definition) is 4. The molecule has 0 saturated heterocycles. The molecule has 4 aromatic rings. The average Bonchev–Trinajstić information content (AvgIpc) is 3.17. The smallest absolute Gasteiger partial charge is 0.312 e. The zero-order valence-electron chi connectivity index (χ0n) is 16.6. The van der Waals surface area contributed by atoms with Crippen LogP contribution in [0.5, 0.6) is 28.7 Å². The molecule has 1 aliphatic rings. The lowest BCUT2D eigenvalue weighted by atomic mass is 9.88. The number of hydrogen-bond acceptors (Lipinski definition) is 9. The van der Waals surface area contributed by atoms with Crippen LogP contribution in [0.2, 0.25) is 0 Å². The van der Waals surface area contributed by atoms with Crippen LogP contribution in [0.4, 0.5) is 0 Å². The van der Waals surface area contributed by atoms with Gasteiger partial charge in [-0.25, -0.2) is 0 Å². The fourth-order valence-corrected chi connectivity index (χ4v) is 3.93. The van der Waals surface area contributed by atoms with Crippen molar-refractivity contribution in [3.63, 3.8) is 0 Å². The highest BCUT2D eigenvalue weighted by atomic mass is 16.5. The third-order valence-electron chi connectivity index (χ3n) is 5.41. The van der Waals surface area contributed by atoms with Crippen LogP contribution in [0.15, 0.2) is 50.0 Å². The number of aromatic hydroxyl groups is 4. The first-order valence-electron chi connectivity index (χ1n) is 9.59. The van der Waals surface area contributed by atoms with Gasteiger partial charge in [0, 0.05) is 17.2 Å². The Bertz CT molecular complexity index is 1480. The van der Waals surface area contributed by atoms with Gasteiger partial charge in [-0.05, 0) is 37.3 Å². The lowest BCUT2D eigenvalue weighted by molar-refractivity contribution is -0.135. The molecule has 1 aliphatic heterocycles. The predicted octanol–water partition coefficient (Wildman–Crippen LogP) is 3.62. The van der Waals surface area contributed by atoms with Crippen molar-refractivity contribution >= 4 is 16.9 Å². The summed E-state index contributed by atoms with van der Waals surface area (Å²) in [5.74, 6) is -2.68. The summed E-state index contributed by atoms with van der Waals surface area (Å²) in [6, 6.07) is 8.16. The van der Waals surface area contributed by atoms with E-state index in [4.69, 9.17) is 13.6 Å². The molecular weight excluding hydrogens is 420 g/mol. The number of fused-ring (bicyclic) bond motifs is 3. The summed E-state index contributed by atoms with van der Waals surface area (Å²) in [4.78, 5) is 25.2. The van der Waals surface area contributed by atoms with Crippen LogP contribution >= 0.6 is 0 Å². The van der Waals surface area contributed by atoms with E-state index in [1.807, 2.05) is 0 Å². The van der Waals surface area contributed by atoms with Crippen LogP contribution in [0.25, 0.3) is 22.3 Å². The largest absolute Gasteiger partial charge is 0.507 e. The summed E-state index contributed by atoms with van der Waals surface area (Å²) in [7, 11) is 0. The van der Waals surface area contributed by atoms with E-state index in [9.17, 15) is 30.0 Å². The van der Waals surface area contributed by atoms with Crippen LogP contribution in [-0.2, 0) is 4.79 Å². The first-order chi connectivity index (χ1) is 15.2. The molecule has 0 radical (unpaired) electrons. The molecule has 32 heavy (non-hydrogen) atoms. The quantitative estimate of drug-likeness (QED) is 0.210. The van der Waals surface area contributed by atoms with Crippen molar-refractivity contribution in [2.45, 2.75) is 19.3 Å². The highest BCUT2D eigenvalue weighted by Crippen LogP contribution is 2.47. The molecule has 2 aromatic carbocycles. The minimum absolute atomic E-state index is 0.00125. The van der Waals surface area contributed by atoms with Crippen LogP contribution in [-0.4, -0.2) is 26.4 Å². The lowest BCUT2D eigenvalue weighted by Crippen LogP contribution is -2.21. The zero-order valence-corrected chi connectivity index (χ0v) is 16.6. The molecule has 0 spiro atoms. The van der Waals surface area contributed by atoms with Gasteiger partial charge in [0.25, 0.3) is 0 Å². The van der Waals surface area contributed by atoms with Gasteiger partial charge in [-0.3, -0.25) is 9.59 Å². The fourth-order valence-electron chi connectivity index (χ4n) is 3.93. The molecule has 2 aromatic heterocycles. The van der Waals surface area contributed by atoms with Crippen molar-refractivity contribution < 1.29 is 38.8 Å². The molecule has 0 unspecified atom stereocenters. The summed E-state index contributed by atoms with van der Waals surface area (Å²) in [5.41, 5.74) is -0.613. The Hall–Kier alpha value is -4.40. The molecule has 162 valence electrons. The molecule has 0 saturated carbocycles. The lowest BCUT2D eigenvalue weighted by Gasteiger charge is -2.24. The molecule has 0 aliphatic carbocycles. The summed E-state index contributed by atoms with van der Waals surface area (Å²) < 4.78 is 16.9. The number of phenolic OH excluding ortho intramolecular Hbond substituents is 3. The van der Waals surface area contributed by atoms with Crippen molar-refractivity contribution in [1.29, 1.82) is 0 Å². The number of rotatable bonds is 2. The molecule has 0 fully saturated rings. The number of aryl methyl sites for hydroxylation is 1. The monoisotopic (exact) mass is 436 g/mol. The molecular formula is C23H16O9. The molecule has 3 heterocycles. The second-order valence-corrected chi connectivity index (χ2v) is 7.50. The van der Waals surface area contributed by atoms with Crippen LogP contribution < -0.4 is 10.2 Å². The van der Waals surface area contributed by atoms with Crippen molar-refractivity contribution in [1.82, 2.24) is 0 Å². The molecule has 1 atom stereocenters. The number of furan rings is 1. The Labute approximate surface area is 179 Å². The molecule has 5 rings (SSSR count). The first-order valence-corrected chi connectivity index (χ1v) is 9.59. The summed E-state index contributed by atoms with van der Waals surface area (Å²) in [6.45, 7) is 1.74. The van der Waals surface area contributed by atoms with Crippen molar-refractivity contribution in [2.24, 2.45) is 0 Å². The van der Waals surface area contributed by atoms with Crippen LogP contribution in [0, 0.1) is 6.92 Å². The minimum Gasteiger partial charge on any atom is -0.507 e.